The van der Waals surface area contributed by atoms with E-state index in [4.69, 9.17) is 18.6 Å². The van der Waals surface area contributed by atoms with Gasteiger partial charge in [-0.25, -0.2) is 4.98 Å². The highest BCUT2D eigenvalue weighted by Crippen LogP contribution is 2.35. The van der Waals surface area contributed by atoms with Crippen LogP contribution in [0.2, 0.25) is 0 Å². The molecule has 3 rings (SSSR count). The van der Waals surface area contributed by atoms with Crippen molar-refractivity contribution in [3.05, 3.63) is 48.2 Å². The summed E-state index contributed by atoms with van der Waals surface area (Å²) in [5.74, 6) is 1.91. The maximum absolute atomic E-state index is 11.8. The number of amides is 1. The van der Waals surface area contributed by atoms with Crippen LogP contribution in [0.5, 0.6) is 17.2 Å². The lowest BCUT2D eigenvalue weighted by Gasteiger charge is -2.04. The van der Waals surface area contributed by atoms with E-state index in [1.165, 1.54) is 6.26 Å². The van der Waals surface area contributed by atoms with Gasteiger partial charge in [0.2, 0.25) is 12.7 Å². The Morgan fingerprint density at radius 2 is 2.22 bits per heavy atom. The number of nitrogens with zero attached hydrogens (tertiary/aromatic N) is 1. The van der Waals surface area contributed by atoms with Crippen LogP contribution in [0.3, 0.4) is 0 Å². The molecule has 1 aromatic heterocycles. The molecular formula is C16H16N2O5. The number of carbonyl (C=O) groups excluding carboxylic acids is 1. The highest BCUT2D eigenvalue weighted by molar-refractivity contribution is 5.92. The number of ether oxygens (including phenoxy) is 3. The molecule has 0 unspecified atom stereocenters. The maximum Gasteiger partial charge on any atom is 0.273 e. The van der Waals surface area contributed by atoms with Crippen LogP contribution in [0.4, 0.5) is 0 Å². The molecule has 0 bridgehead atoms. The highest BCUT2D eigenvalue weighted by atomic mass is 16.7. The van der Waals surface area contributed by atoms with Crippen LogP contribution < -0.4 is 19.5 Å². The molecule has 2 heterocycles. The lowest BCUT2D eigenvalue weighted by atomic mass is 10.3. The summed E-state index contributed by atoms with van der Waals surface area (Å²) in [7, 11) is 0. The third kappa shape index (κ3) is 3.63. The summed E-state index contributed by atoms with van der Waals surface area (Å²) in [5.41, 5.74) is 1.06. The Morgan fingerprint density at radius 3 is 3.04 bits per heavy atom. The number of fused-ring (bicyclic) bond motifs is 1. The molecule has 1 aromatic carbocycles. The van der Waals surface area contributed by atoms with Crippen molar-refractivity contribution in [2.75, 3.05) is 13.3 Å². The van der Waals surface area contributed by atoms with E-state index < -0.39 is 0 Å². The number of benzene rings is 1. The number of oxazole rings is 1. The highest BCUT2D eigenvalue weighted by Gasteiger charge is 2.15. The average molecular weight is 316 g/mol. The third-order valence-corrected chi connectivity index (χ3v) is 3.04. The van der Waals surface area contributed by atoms with E-state index in [1.54, 1.807) is 18.2 Å². The van der Waals surface area contributed by atoms with Gasteiger partial charge in [-0.3, -0.25) is 4.79 Å². The van der Waals surface area contributed by atoms with Gasteiger partial charge in [-0.15, -0.1) is 0 Å². The fourth-order valence-corrected chi connectivity index (χ4v) is 1.91. The molecular weight excluding hydrogens is 300 g/mol. The fourth-order valence-electron chi connectivity index (χ4n) is 1.91. The summed E-state index contributed by atoms with van der Waals surface area (Å²) in [5, 5.41) is 2.68. The topological polar surface area (TPSA) is 82.8 Å². The van der Waals surface area contributed by atoms with Crippen LogP contribution in [0, 0.1) is 0 Å². The van der Waals surface area contributed by atoms with Gasteiger partial charge < -0.3 is 23.9 Å². The standard InChI is InChI=1S/C16H16N2O5/c1-10(2)6-17-16(19)12-7-21-15(18-12)8-20-11-3-4-13-14(5-11)23-9-22-13/h3-5,7H,1,6,8-9H2,2H3,(H,17,19). The quantitative estimate of drug-likeness (QED) is 0.823. The minimum Gasteiger partial charge on any atom is -0.484 e. The van der Waals surface area contributed by atoms with Gasteiger partial charge in [0.1, 0.15) is 12.0 Å². The van der Waals surface area contributed by atoms with Crippen LogP contribution in [-0.4, -0.2) is 24.2 Å². The largest absolute Gasteiger partial charge is 0.484 e. The Kier molecular flexibility index (Phi) is 4.18. The van der Waals surface area contributed by atoms with Gasteiger partial charge in [-0.2, -0.15) is 0 Å². The fraction of sp³-hybridized carbons (Fsp3) is 0.250. The van der Waals surface area contributed by atoms with E-state index in [9.17, 15) is 4.79 Å². The summed E-state index contributed by atoms with van der Waals surface area (Å²) >= 11 is 0. The van der Waals surface area contributed by atoms with Gasteiger partial charge in [0.05, 0.1) is 0 Å². The van der Waals surface area contributed by atoms with Crippen LogP contribution in [0.15, 0.2) is 41.0 Å². The molecule has 120 valence electrons. The molecule has 7 heteroatoms. The van der Waals surface area contributed by atoms with Gasteiger partial charge in [0.25, 0.3) is 5.91 Å². The Labute approximate surface area is 132 Å². The molecule has 1 aliphatic rings. The molecule has 0 saturated carbocycles. The second-order valence-corrected chi connectivity index (χ2v) is 5.07. The average Bonchev–Trinajstić information content (AvgIpc) is 3.19. The van der Waals surface area contributed by atoms with Crippen LogP contribution in [0.1, 0.15) is 23.3 Å². The molecule has 0 aliphatic carbocycles. The molecule has 0 fully saturated rings. The van der Waals surface area contributed by atoms with Gasteiger partial charge >= 0.3 is 0 Å². The maximum atomic E-state index is 11.8. The number of rotatable bonds is 6. The second kappa shape index (κ2) is 6.43. The summed E-state index contributed by atoms with van der Waals surface area (Å²) < 4.78 is 21.3. The van der Waals surface area contributed by atoms with Crippen LogP contribution in [0.25, 0.3) is 0 Å². The monoisotopic (exact) mass is 316 g/mol. The van der Waals surface area contributed by atoms with Crippen molar-refractivity contribution < 1.29 is 23.4 Å². The molecule has 0 spiro atoms. The van der Waals surface area contributed by atoms with Crippen molar-refractivity contribution in [3.8, 4) is 17.2 Å². The van der Waals surface area contributed by atoms with E-state index in [2.05, 4.69) is 16.9 Å². The second-order valence-electron chi connectivity index (χ2n) is 5.07. The van der Waals surface area contributed by atoms with E-state index >= 15 is 0 Å². The number of hydrogen-bond donors (Lipinski definition) is 1. The number of carbonyl (C=O) groups is 1. The molecule has 1 aliphatic heterocycles. The first-order valence-electron chi connectivity index (χ1n) is 7.01. The molecule has 2 aromatic rings. The van der Waals surface area contributed by atoms with E-state index in [-0.39, 0.29) is 25.0 Å². The Morgan fingerprint density at radius 1 is 1.39 bits per heavy atom. The Hall–Kier alpha value is -2.96. The van der Waals surface area contributed by atoms with Gasteiger partial charge in [0.15, 0.2) is 23.8 Å². The minimum absolute atomic E-state index is 0.105. The normalized spacial score (nSPS) is 12.0. The number of hydrogen-bond acceptors (Lipinski definition) is 6. The Balaban J connectivity index is 1.57. The first-order valence-corrected chi connectivity index (χ1v) is 7.01. The zero-order chi connectivity index (χ0) is 16.2. The van der Waals surface area contributed by atoms with Crippen LogP contribution >= 0.6 is 0 Å². The minimum atomic E-state index is -0.314. The van der Waals surface area contributed by atoms with Crippen molar-refractivity contribution in [2.24, 2.45) is 0 Å². The van der Waals surface area contributed by atoms with Crippen molar-refractivity contribution in [3.63, 3.8) is 0 Å². The van der Waals surface area contributed by atoms with Crippen molar-refractivity contribution in [2.45, 2.75) is 13.5 Å². The van der Waals surface area contributed by atoms with E-state index in [0.717, 1.165) is 5.57 Å². The zero-order valence-electron chi connectivity index (χ0n) is 12.6. The summed E-state index contributed by atoms with van der Waals surface area (Å²) in [6.45, 7) is 6.25. The first-order chi connectivity index (χ1) is 11.1. The number of aromatic nitrogens is 1. The van der Waals surface area contributed by atoms with Gasteiger partial charge in [0, 0.05) is 12.6 Å². The molecule has 0 saturated heterocycles. The first kappa shape index (κ1) is 15.0. The van der Waals surface area contributed by atoms with Crippen LogP contribution in [-0.2, 0) is 6.61 Å². The molecule has 1 amide bonds. The van der Waals surface area contributed by atoms with Crippen molar-refractivity contribution >= 4 is 5.91 Å². The summed E-state index contributed by atoms with van der Waals surface area (Å²) in [6, 6.07) is 5.26. The third-order valence-electron chi connectivity index (χ3n) is 3.04. The zero-order valence-corrected chi connectivity index (χ0v) is 12.6. The molecule has 23 heavy (non-hydrogen) atoms. The SMILES string of the molecule is C=C(C)CNC(=O)c1coc(COc2ccc3c(c2)OCO3)n1. The Bertz CT molecular complexity index is 738. The smallest absolute Gasteiger partial charge is 0.273 e. The van der Waals surface area contributed by atoms with Gasteiger partial charge in [-0.1, -0.05) is 12.2 Å². The molecule has 7 nitrogen and oxygen atoms in total. The number of nitrogens with one attached hydrogen (secondary N) is 1. The van der Waals surface area contributed by atoms with E-state index in [0.29, 0.717) is 29.7 Å². The predicted octanol–water partition coefficient (Wildman–Crippen LogP) is 2.29. The summed E-state index contributed by atoms with van der Waals surface area (Å²) in [4.78, 5) is 15.9. The predicted molar refractivity (Wildman–Crippen MR) is 80.5 cm³/mol. The van der Waals surface area contributed by atoms with Crippen molar-refractivity contribution in [1.82, 2.24) is 10.3 Å². The lowest BCUT2D eigenvalue weighted by molar-refractivity contribution is 0.0952. The molecule has 1 N–H and O–H groups in total. The summed E-state index contributed by atoms with van der Waals surface area (Å²) in [6.07, 6.45) is 1.30. The van der Waals surface area contributed by atoms with Gasteiger partial charge in [-0.05, 0) is 19.1 Å². The lowest BCUT2D eigenvalue weighted by Crippen LogP contribution is -2.25. The van der Waals surface area contributed by atoms with E-state index in [1.807, 2.05) is 6.92 Å². The molecule has 0 atom stereocenters. The molecule has 0 radical (unpaired) electrons. The van der Waals surface area contributed by atoms with Crippen molar-refractivity contribution in [1.29, 1.82) is 0 Å².